The summed E-state index contributed by atoms with van der Waals surface area (Å²) in [6.45, 7) is 3.50. The SMILES string of the molecule is CC(=O)Oc1cccc(C(=O)NCC(=O)N2CCN(c3ccc(NC(=O)c4ccc5ccccc5c4)cc3)CC2)c1. The average molecular weight is 551 g/mol. The van der Waals surface area contributed by atoms with E-state index in [4.69, 9.17) is 4.74 Å². The maximum Gasteiger partial charge on any atom is 0.308 e. The van der Waals surface area contributed by atoms with Crippen molar-refractivity contribution in [1.82, 2.24) is 10.2 Å². The molecular weight excluding hydrogens is 520 g/mol. The number of hydrogen-bond donors (Lipinski definition) is 2. The standard InChI is InChI=1S/C32H30N4O5/c1-22(37)41-29-8-4-7-25(20-29)31(39)33-21-30(38)36-17-15-35(16-18-36)28-13-11-27(12-14-28)34-32(40)26-10-9-23-5-2-3-6-24(23)19-26/h2-14,19-20H,15-18,21H2,1H3,(H,33,39)(H,34,40). The first-order chi connectivity index (χ1) is 19.9. The Hall–Kier alpha value is -5.18. The zero-order chi connectivity index (χ0) is 28.8. The summed E-state index contributed by atoms with van der Waals surface area (Å²) in [6.07, 6.45) is 0. The Balaban J connectivity index is 1.09. The Kier molecular flexibility index (Phi) is 8.24. The van der Waals surface area contributed by atoms with Crippen LogP contribution in [-0.2, 0) is 9.59 Å². The Morgan fingerprint density at radius 3 is 2.17 bits per heavy atom. The minimum absolute atomic E-state index is 0.123. The maximum absolute atomic E-state index is 12.8. The van der Waals surface area contributed by atoms with Crippen molar-refractivity contribution in [3.05, 3.63) is 102 Å². The Morgan fingerprint density at radius 2 is 1.44 bits per heavy atom. The van der Waals surface area contributed by atoms with Gasteiger partial charge in [0.25, 0.3) is 11.8 Å². The highest BCUT2D eigenvalue weighted by molar-refractivity contribution is 6.06. The number of nitrogens with one attached hydrogen (secondary N) is 2. The van der Waals surface area contributed by atoms with Gasteiger partial charge in [-0.15, -0.1) is 0 Å². The molecule has 9 heteroatoms. The van der Waals surface area contributed by atoms with Crippen molar-refractivity contribution in [1.29, 1.82) is 0 Å². The van der Waals surface area contributed by atoms with Gasteiger partial charge in [0.15, 0.2) is 0 Å². The zero-order valence-corrected chi connectivity index (χ0v) is 22.6. The molecule has 5 rings (SSSR count). The molecule has 0 bridgehead atoms. The van der Waals surface area contributed by atoms with Crippen LogP contribution in [-0.4, -0.2) is 61.3 Å². The summed E-state index contributed by atoms with van der Waals surface area (Å²) in [5, 5.41) is 7.70. The van der Waals surface area contributed by atoms with Gasteiger partial charge >= 0.3 is 5.97 Å². The molecule has 0 unspecified atom stereocenters. The smallest absolute Gasteiger partial charge is 0.308 e. The van der Waals surface area contributed by atoms with E-state index in [1.165, 1.54) is 13.0 Å². The molecule has 0 radical (unpaired) electrons. The number of ether oxygens (including phenoxy) is 1. The van der Waals surface area contributed by atoms with Crippen molar-refractivity contribution in [2.24, 2.45) is 0 Å². The molecule has 208 valence electrons. The third kappa shape index (κ3) is 6.88. The van der Waals surface area contributed by atoms with Crippen LogP contribution in [0.2, 0.25) is 0 Å². The van der Waals surface area contributed by atoms with E-state index in [-0.39, 0.29) is 24.1 Å². The van der Waals surface area contributed by atoms with Crippen LogP contribution in [0.1, 0.15) is 27.6 Å². The van der Waals surface area contributed by atoms with Crippen LogP contribution >= 0.6 is 0 Å². The van der Waals surface area contributed by atoms with Crippen molar-refractivity contribution >= 4 is 45.8 Å². The first kappa shape index (κ1) is 27.4. The predicted octanol–water partition coefficient (Wildman–Crippen LogP) is 4.10. The molecule has 0 aliphatic carbocycles. The van der Waals surface area contributed by atoms with Gasteiger partial charge in [0.2, 0.25) is 5.91 Å². The normalized spacial score (nSPS) is 13.0. The Labute approximate surface area is 237 Å². The van der Waals surface area contributed by atoms with Gasteiger partial charge in [-0.3, -0.25) is 19.2 Å². The number of carbonyl (C=O) groups excluding carboxylic acids is 4. The summed E-state index contributed by atoms with van der Waals surface area (Å²) < 4.78 is 5.01. The van der Waals surface area contributed by atoms with Gasteiger partial charge in [0.05, 0.1) is 6.54 Å². The van der Waals surface area contributed by atoms with E-state index in [9.17, 15) is 19.2 Å². The first-order valence-corrected chi connectivity index (χ1v) is 13.4. The number of esters is 1. The second-order valence-corrected chi connectivity index (χ2v) is 9.73. The van der Waals surface area contributed by atoms with Crippen molar-refractivity contribution in [2.75, 3.05) is 42.9 Å². The molecule has 1 aliphatic rings. The molecule has 1 fully saturated rings. The fraction of sp³-hybridized carbons (Fsp3) is 0.188. The van der Waals surface area contributed by atoms with Crippen molar-refractivity contribution in [3.63, 3.8) is 0 Å². The number of piperazine rings is 1. The monoisotopic (exact) mass is 550 g/mol. The molecule has 4 aromatic carbocycles. The number of fused-ring (bicyclic) bond motifs is 1. The molecule has 0 atom stereocenters. The van der Waals surface area contributed by atoms with Crippen molar-refractivity contribution in [2.45, 2.75) is 6.92 Å². The molecule has 41 heavy (non-hydrogen) atoms. The van der Waals surface area contributed by atoms with E-state index in [0.29, 0.717) is 43.0 Å². The van der Waals surface area contributed by atoms with Crippen LogP contribution < -0.4 is 20.3 Å². The highest BCUT2D eigenvalue weighted by Gasteiger charge is 2.22. The van der Waals surface area contributed by atoms with E-state index in [1.807, 2.05) is 66.7 Å². The second kappa shape index (κ2) is 12.3. The number of carbonyl (C=O) groups is 4. The molecule has 0 spiro atoms. The van der Waals surface area contributed by atoms with Gasteiger partial charge < -0.3 is 25.2 Å². The average Bonchev–Trinajstić information content (AvgIpc) is 2.99. The molecule has 9 nitrogen and oxygen atoms in total. The third-order valence-corrected chi connectivity index (χ3v) is 6.89. The zero-order valence-electron chi connectivity index (χ0n) is 22.6. The highest BCUT2D eigenvalue weighted by atomic mass is 16.5. The lowest BCUT2D eigenvalue weighted by atomic mass is 10.1. The fourth-order valence-electron chi connectivity index (χ4n) is 4.74. The lowest BCUT2D eigenvalue weighted by molar-refractivity contribution is -0.132. The highest BCUT2D eigenvalue weighted by Crippen LogP contribution is 2.21. The first-order valence-electron chi connectivity index (χ1n) is 13.4. The van der Waals surface area contributed by atoms with Crippen LogP contribution in [0.15, 0.2) is 91.0 Å². The van der Waals surface area contributed by atoms with E-state index in [1.54, 1.807) is 23.1 Å². The predicted molar refractivity (Wildman–Crippen MR) is 157 cm³/mol. The molecule has 1 saturated heterocycles. The van der Waals surface area contributed by atoms with Crippen molar-refractivity contribution in [3.8, 4) is 5.75 Å². The van der Waals surface area contributed by atoms with E-state index in [0.717, 1.165) is 16.5 Å². The van der Waals surface area contributed by atoms with Crippen LogP contribution in [0.4, 0.5) is 11.4 Å². The largest absolute Gasteiger partial charge is 0.427 e. The number of anilines is 2. The van der Waals surface area contributed by atoms with Crippen molar-refractivity contribution < 1.29 is 23.9 Å². The lowest BCUT2D eigenvalue weighted by Crippen LogP contribution is -2.51. The van der Waals surface area contributed by atoms with Gasteiger partial charge in [-0.05, 0) is 65.4 Å². The summed E-state index contributed by atoms with van der Waals surface area (Å²) in [5.74, 6) is -0.955. The number of rotatable bonds is 7. The van der Waals surface area contributed by atoms with Crippen LogP contribution in [0.3, 0.4) is 0 Å². The summed E-state index contributed by atoms with van der Waals surface area (Å²) in [4.78, 5) is 53.0. The second-order valence-electron chi connectivity index (χ2n) is 9.73. The van der Waals surface area contributed by atoms with E-state index < -0.39 is 11.9 Å². The fourth-order valence-corrected chi connectivity index (χ4v) is 4.74. The van der Waals surface area contributed by atoms with Gasteiger partial charge in [0, 0.05) is 55.6 Å². The minimum Gasteiger partial charge on any atom is -0.427 e. The summed E-state index contributed by atoms with van der Waals surface area (Å²) >= 11 is 0. The van der Waals surface area contributed by atoms with Gasteiger partial charge in [-0.25, -0.2) is 0 Å². The third-order valence-electron chi connectivity index (χ3n) is 6.89. The molecular formula is C32H30N4O5. The molecule has 1 heterocycles. The van der Waals surface area contributed by atoms with Gasteiger partial charge in [0.1, 0.15) is 5.75 Å². The Bertz CT molecular complexity index is 1590. The molecule has 4 aromatic rings. The topological polar surface area (TPSA) is 108 Å². The van der Waals surface area contributed by atoms with Gasteiger partial charge in [-0.2, -0.15) is 0 Å². The molecule has 0 aromatic heterocycles. The molecule has 1 aliphatic heterocycles. The van der Waals surface area contributed by atoms with Gasteiger partial charge in [-0.1, -0.05) is 36.4 Å². The summed E-state index contributed by atoms with van der Waals surface area (Å²) in [5.41, 5.74) is 2.61. The van der Waals surface area contributed by atoms with Crippen LogP contribution in [0.5, 0.6) is 5.75 Å². The summed E-state index contributed by atoms with van der Waals surface area (Å²) in [7, 11) is 0. The maximum atomic E-state index is 12.8. The van der Waals surface area contributed by atoms with E-state index in [2.05, 4.69) is 15.5 Å². The number of hydrogen-bond acceptors (Lipinski definition) is 6. The molecule has 3 amide bonds. The van der Waals surface area contributed by atoms with E-state index >= 15 is 0 Å². The molecule has 2 N–H and O–H groups in total. The quantitative estimate of drug-likeness (QED) is 0.265. The number of amides is 3. The van der Waals surface area contributed by atoms with Crippen LogP contribution in [0.25, 0.3) is 10.8 Å². The van der Waals surface area contributed by atoms with Crippen LogP contribution in [0, 0.1) is 0 Å². The number of nitrogens with zero attached hydrogens (tertiary/aromatic N) is 2. The summed E-state index contributed by atoms with van der Waals surface area (Å²) in [6, 6.07) is 27.5. The number of benzene rings is 4. The molecule has 0 saturated carbocycles. The lowest BCUT2D eigenvalue weighted by Gasteiger charge is -2.36. The Morgan fingerprint density at radius 1 is 0.732 bits per heavy atom. The minimum atomic E-state index is -0.475.